The molecule has 0 saturated carbocycles. The highest BCUT2D eigenvalue weighted by Crippen LogP contribution is 2.28. The number of rotatable bonds is 1. The Kier molecular flexibility index (Phi) is 2.52. The lowest BCUT2D eigenvalue weighted by molar-refractivity contribution is 0.333. The van der Waals surface area contributed by atoms with Crippen LogP contribution in [-0.2, 0) is 0 Å². The average molecular weight is 230 g/mol. The van der Waals surface area contributed by atoms with Gasteiger partial charge in [-0.25, -0.2) is 0 Å². The summed E-state index contributed by atoms with van der Waals surface area (Å²) in [5.74, 6) is 1.38. The number of hydrogen-bond acceptors (Lipinski definition) is 3. The van der Waals surface area contributed by atoms with Gasteiger partial charge in [0, 0.05) is 11.4 Å². The van der Waals surface area contributed by atoms with Gasteiger partial charge >= 0.3 is 0 Å². The lowest BCUT2D eigenvalue weighted by Gasteiger charge is -2.28. The molecular formula is C13H18N4. The molecule has 1 aliphatic rings. The minimum absolute atomic E-state index is 0.463. The molecule has 2 atom stereocenters. The third-order valence-electron chi connectivity index (χ3n) is 3.68. The first kappa shape index (κ1) is 10.6. The standard InChI is InChI=1S/C13H18N4/c1-8-2-4-11(15-7-8)9-3-5-12-10(6-9)13(14)17-16-12/h3,5-6,8,11,15H,2,4,7H2,1H3,(H3,14,16,17)/t8-,11+/m1/s1. The van der Waals surface area contributed by atoms with E-state index in [-0.39, 0.29) is 0 Å². The number of anilines is 1. The zero-order chi connectivity index (χ0) is 11.8. The number of fused-ring (bicyclic) bond motifs is 1. The molecule has 2 aromatic rings. The van der Waals surface area contributed by atoms with E-state index in [1.165, 1.54) is 18.4 Å². The van der Waals surface area contributed by atoms with Gasteiger partial charge in [0.15, 0.2) is 5.82 Å². The van der Waals surface area contributed by atoms with E-state index in [9.17, 15) is 0 Å². The molecule has 3 rings (SSSR count). The molecule has 0 spiro atoms. The Labute approximate surface area is 101 Å². The number of nitrogens with one attached hydrogen (secondary N) is 2. The Balaban J connectivity index is 1.92. The van der Waals surface area contributed by atoms with E-state index in [1.54, 1.807) is 0 Å². The SMILES string of the molecule is C[C@@H]1CC[C@@H](c2ccc3[nH]nc(N)c3c2)NC1. The summed E-state index contributed by atoms with van der Waals surface area (Å²) in [6.45, 7) is 3.39. The molecule has 1 aromatic heterocycles. The molecule has 1 aliphatic heterocycles. The van der Waals surface area contributed by atoms with Gasteiger partial charge in [-0.1, -0.05) is 13.0 Å². The van der Waals surface area contributed by atoms with E-state index >= 15 is 0 Å². The number of nitrogen functional groups attached to an aromatic ring is 1. The quantitative estimate of drug-likeness (QED) is 0.703. The summed E-state index contributed by atoms with van der Waals surface area (Å²) >= 11 is 0. The van der Waals surface area contributed by atoms with Gasteiger partial charge in [0.2, 0.25) is 0 Å². The summed E-state index contributed by atoms with van der Waals surface area (Å²) in [7, 11) is 0. The van der Waals surface area contributed by atoms with Crippen molar-refractivity contribution in [1.29, 1.82) is 0 Å². The number of hydrogen-bond donors (Lipinski definition) is 3. The van der Waals surface area contributed by atoms with E-state index in [2.05, 4.69) is 40.6 Å². The molecule has 0 bridgehead atoms. The summed E-state index contributed by atoms with van der Waals surface area (Å²) < 4.78 is 0. The summed E-state index contributed by atoms with van der Waals surface area (Å²) in [4.78, 5) is 0. The summed E-state index contributed by atoms with van der Waals surface area (Å²) in [6, 6.07) is 6.84. The van der Waals surface area contributed by atoms with Crippen LogP contribution in [0.2, 0.25) is 0 Å². The fraction of sp³-hybridized carbons (Fsp3) is 0.462. The Hall–Kier alpha value is -1.55. The third kappa shape index (κ3) is 1.89. The number of piperidine rings is 1. The lowest BCUT2D eigenvalue weighted by atomic mass is 9.92. The van der Waals surface area contributed by atoms with Crippen molar-refractivity contribution in [3.8, 4) is 0 Å². The van der Waals surface area contributed by atoms with Crippen LogP contribution >= 0.6 is 0 Å². The van der Waals surface area contributed by atoms with Gasteiger partial charge < -0.3 is 11.1 Å². The number of H-pyrrole nitrogens is 1. The lowest BCUT2D eigenvalue weighted by Crippen LogP contribution is -2.31. The second-order valence-electron chi connectivity index (χ2n) is 5.06. The van der Waals surface area contributed by atoms with Crippen molar-refractivity contribution in [2.75, 3.05) is 12.3 Å². The average Bonchev–Trinajstić information content (AvgIpc) is 2.72. The minimum atomic E-state index is 0.463. The zero-order valence-electron chi connectivity index (χ0n) is 10.0. The molecule has 17 heavy (non-hydrogen) atoms. The van der Waals surface area contributed by atoms with Gasteiger partial charge in [-0.2, -0.15) is 5.10 Å². The number of nitrogens with two attached hydrogens (primary N) is 1. The smallest absolute Gasteiger partial charge is 0.153 e. The maximum absolute atomic E-state index is 5.83. The predicted molar refractivity (Wildman–Crippen MR) is 69.6 cm³/mol. The Morgan fingerprint density at radius 1 is 1.35 bits per heavy atom. The zero-order valence-corrected chi connectivity index (χ0v) is 10.0. The summed E-state index contributed by atoms with van der Waals surface area (Å²) in [5.41, 5.74) is 8.16. The van der Waals surface area contributed by atoms with Crippen molar-refractivity contribution in [3.05, 3.63) is 23.8 Å². The Bertz CT molecular complexity index is 523. The normalized spacial score (nSPS) is 25.2. The first-order valence-electron chi connectivity index (χ1n) is 6.21. The molecule has 4 nitrogen and oxygen atoms in total. The molecule has 4 heteroatoms. The van der Waals surface area contributed by atoms with E-state index in [4.69, 9.17) is 5.73 Å². The van der Waals surface area contributed by atoms with Crippen molar-refractivity contribution >= 4 is 16.7 Å². The number of aromatic nitrogens is 2. The number of benzene rings is 1. The molecule has 90 valence electrons. The van der Waals surface area contributed by atoms with Crippen LogP contribution in [0.1, 0.15) is 31.4 Å². The monoisotopic (exact) mass is 230 g/mol. The maximum Gasteiger partial charge on any atom is 0.153 e. The van der Waals surface area contributed by atoms with Gasteiger partial charge in [-0.15, -0.1) is 0 Å². The maximum atomic E-state index is 5.83. The first-order chi connectivity index (χ1) is 8.24. The Morgan fingerprint density at radius 3 is 3.00 bits per heavy atom. The predicted octanol–water partition coefficient (Wildman–Crippen LogP) is 2.21. The van der Waals surface area contributed by atoms with E-state index in [0.29, 0.717) is 11.9 Å². The van der Waals surface area contributed by atoms with Crippen molar-refractivity contribution in [2.24, 2.45) is 5.92 Å². The fourth-order valence-corrected chi connectivity index (χ4v) is 2.55. The van der Waals surface area contributed by atoms with E-state index in [1.807, 2.05) is 0 Å². The second-order valence-corrected chi connectivity index (χ2v) is 5.06. The molecule has 2 heterocycles. The highest BCUT2D eigenvalue weighted by molar-refractivity contribution is 5.89. The fourth-order valence-electron chi connectivity index (χ4n) is 2.55. The molecule has 1 saturated heterocycles. The van der Waals surface area contributed by atoms with Crippen LogP contribution in [0.5, 0.6) is 0 Å². The van der Waals surface area contributed by atoms with Crippen LogP contribution in [0.15, 0.2) is 18.2 Å². The molecule has 1 aromatic carbocycles. The summed E-state index contributed by atoms with van der Waals surface area (Å²) in [6.07, 6.45) is 2.49. The highest BCUT2D eigenvalue weighted by atomic mass is 15.1. The van der Waals surface area contributed by atoms with Crippen molar-refractivity contribution in [1.82, 2.24) is 15.5 Å². The molecular weight excluding hydrogens is 212 g/mol. The van der Waals surface area contributed by atoms with E-state index < -0.39 is 0 Å². The van der Waals surface area contributed by atoms with Crippen molar-refractivity contribution in [2.45, 2.75) is 25.8 Å². The van der Waals surface area contributed by atoms with E-state index in [0.717, 1.165) is 23.4 Å². The molecule has 0 unspecified atom stereocenters. The Morgan fingerprint density at radius 2 is 2.24 bits per heavy atom. The van der Waals surface area contributed by atoms with Crippen LogP contribution in [0, 0.1) is 5.92 Å². The molecule has 4 N–H and O–H groups in total. The van der Waals surface area contributed by atoms with Gasteiger partial charge in [-0.3, -0.25) is 5.10 Å². The van der Waals surface area contributed by atoms with Crippen LogP contribution < -0.4 is 11.1 Å². The number of nitrogens with zero attached hydrogens (tertiary/aromatic N) is 1. The number of aromatic amines is 1. The van der Waals surface area contributed by atoms with Crippen molar-refractivity contribution < 1.29 is 0 Å². The van der Waals surface area contributed by atoms with Gasteiger partial charge in [-0.05, 0) is 43.0 Å². The van der Waals surface area contributed by atoms with Crippen LogP contribution in [0.3, 0.4) is 0 Å². The van der Waals surface area contributed by atoms with Crippen LogP contribution in [-0.4, -0.2) is 16.7 Å². The molecule has 0 amide bonds. The van der Waals surface area contributed by atoms with Crippen LogP contribution in [0.25, 0.3) is 10.9 Å². The topological polar surface area (TPSA) is 66.7 Å². The second kappa shape index (κ2) is 4.04. The third-order valence-corrected chi connectivity index (χ3v) is 3.68. The van der Waals surface area contributed by atoms with Gasteiger partial charge in [0.25, 0.3) is 0 Å². The largest absolute Gasteiger partial charge is 0.382 e. The van der Waals surface area contributed by atoms with Gasteiger partial charge in [0.05, 0.1) is 5.52 Å². The highest BCUT2D eigenvalue weighted by Gasteiger charge is 2.19. The van der Waals surface area contributed by atoms with Crippen LogP contribution in [0.4, 0.5) is 5.82 Å². The van der Waals surface area contributed by atoms with Gasteiger partial charge in [0.1, 0.15) is 0 Å². The summed E-state index contributed by atoms with van der Waals surface area (Å²) in [5, 5.41) is 11.6. The van der Waals surface area contributed by atoms with Crippen molar-refractivity contribution in [3.63, 3.8) is 0 Å². The molecule has 0 aliphatic carbocycles. The minimum Gasteiger partial charge on any atom is -0.382 e. The first-order valence-corrected chi connectivity index (χ1v) is 6.21. The molecule has 0 radical (unpaired) electrons. The molecule has 1 fully saturated rings.